The molecule has 0 radical (unpaired) electrons. The Labute approximate surface area is 168 Å². The van der Waals surface area contributed by atoms with Crippen LogP contribution in [-0.4, -0.2) is 61.0 Å². The molecule has 1 atom stereocenters. The monoisotopic (exact) mass is 386 g/mol. The van der Waals surface area contributed by atoms with Crippen molar-refractivity contribution in [3.63, 3.8) is 0 Å². The summed E-state index contributed by atoms with van der Waals surface area (Å²) in [4.78, 5) is 23.2. The van der Waals surface area contributed by atoms with E-state index in [0.717, 1.165) is 70.1 Å². The molecule has 1 unspecified atom stereocenters. The number of nitrogens with one attached hydrogen (secondary N) is 3. The van der Waals surface area contributed by atoms with E-state index in [-0.39, 0.29) is 5.92 Å². The second kappa shape index (κ2) is 10.9. The third-order valence-corrected chi connectivity index (χ3v) is 5.64. The third-order valence-electron chi connectivity index (χ3n) is 5.64. The van der Waals surface area contributed by atoms with Crippen molar-refractivity contribution in [2.75, 3.05) is 38.5 Å². The molecule has 1 saturated heterocycles. The van der Waals surface area contributed by atoms with Crippen LogP contribution in [0.1, 0.15) is 44.9 Å². The minimum Gasteiger partial charge on any atom is -0.370 e. The van der Waals surface area contributed by atoms with Crippen LogP contribution in [-0.2, 0) is 4.79 Å². The highest BCUT2D eigenvalue weighted by atomic mass is 16.2. The Kier molecular flexibility index (Phi) is 7.94. The summed E-state index contributed by atoms with van der Waals surface area (Å²) < 4.78 is 0. The van der Waals surface area contributed by atoms with Gasteiger partial charge in [-0.3, -0.25) is 9.79 Å². The molecule has 1 saturated carbocycles. The first-order chi connectivity index (χ1) is 13.8. The van der Waals surface area contributed by atoms with Crippen molar-refractivity contribution in [1.82, 2.24) is 20.5 Å². The number of carbonyl (C=O) groups is 1. The topological polar surface area (TPSA) is 81.7 Å². The van der Waals surface area contributed by atoms with E-state index in [1.165, 1.54) is 12.8 Å². The lowest BCUT2D eigenvalue weighted by Gasteiger charge is -2.21. The molecule has 2 aliphatic rings. The summed E-state index contributed by atoms with van der Waals surface area (Å²) in [6.07, 6.45) is 9.47. The van der Waals surface area contributed by atoms with Crippen molar-refractivity contribution in [2.45, 2.75) is 51.0 Å². The molecule has 7 nitrogen and oxygen atoms in total. The number of nitrogens with zero attached hydrogens (tertiary/aromatic N) is 3. The Balaban J connectivity index is 1.29. The molecule has 154 valence electrons. The van der Waals surface area contributed by atoms with Gasteiger partial charge in [-0.15, -0.1) is 0 Å². The van der Waals surface area contributed by atoms with E-state index < -0.39 is 0 Å². The maximum absolute atomic E-state index is 12.6. The molecule has 0 aromatic carbocycles. The lowest BCUT2D eigenvalue weighted by Crippen LogP contribution is -2.45. The number of amides is 1. The van der Waals surface area contributed by atoms with Crippen molar-refractivity contribution in [2.24, 2.45) is 10.9 Å². The second-order valence-corrected chi connectivity index (χ2v) is 7.74. The Morgan fingerprint density at radius 3 is 2.79 bits per heavy atom. The molecular formula is C21H34N6O. The molecule has 0 bridgehead atoms. The molecule has 3 rings (SSSR count). The molecular weight excluding hydrogens is 352 g/mol. The van der Waals surface area contributed by atoms with Crippen LogP contribution in [0.5, 0.6) is 0 Å². The summed E-state index contributed by atoms with van der Waals surface area (Å²) in [7, 11) is 1.80. The second-order valence-electron chi connectivity index (χ2n) is 7.74. The van der Waals surface area contributed by atoms with Crippen molar-refractivity contribution >= 4 is 17.7 Å². The van der Waals surface area contributed by atoms with Crippen molar-refractivity contribution in [3.05, 3.63) is 24.4 Å². The van der Waals surface area contributed by atoms with Crippen molar-refractivity contribution < 1.29 is 4.79 Å². The molecule has 2 fully saturated rings. The predicted molar refractivity (Wildman–Crippen MR) is 113 cm³/mol. The molecule has 7 heteroatoms. The van der Waals surface area contributed by atoms with Gasteiger partial charge in [-0.05, 0) is 44.2 Å². The Hall–Kier alpha value is -2.31. The fraction of sp³-hybridized carbons (Fsp3) is 0.667. The smallest absolute Gasteiger partial charge is 0.225 e. The zero-order valence-electron chi connectivity index (χ0n) is 17.0. The summed E-state index contributed by atoms with van der Waals surface area (Å²) in [5.74, 6) is 2.39. The van der Waals surface area contributed by atoms with Gasteiger partial charge in [-0.25, -0.2) is 4.98 Å². The SMILES string of the molecule is CN=C(NCCCCNc1ccccn1)NC1CCN(C(=O)C2CCCC2)C1. The highest BCUT2D eigenvalue weighted by Gasteiger charge is 2.32. The van der Waals surface area contributed by atoms with Gasteiger partial charge in [0.1, 0.15) is 5.82 Å². The maximum Gasteiger partial charge on any atom is 0.225 e. The van der Waals surface area contributed by atoms with Crippen LogP contribution in [0.4, 0.5) is 5.82 Å². The molecule has 1 aliphatic heterocycles. The van der Waals surface area contributed by atoms with Gasteiger partial charge in [-0.1, -0.05) is 18.9 Å². The molecule has 28 heavy (non-hydrogen) atoms. The van der Waals surface area contributed by atoms with Crippen LogP contribution in [0.25, 0.3) is 0 Å². The Bertz CT molecular complexity index is 629. The van der Waals surface area contributed by atoms with Crippen LogP contribution in [0.3, 0.4) is 0 Å². The van der Waals surface area contributed by atoms with Crippen LogP contribution >= 0.6 is 0 Å². The van der Waals surface area contributed by atoms with Gasteiger partial charge in [0.2, 0.25) is 5.91 Å². The molecule has 1 aromatic rings. The molecule has 0 spiro atoms. The molecule has 2 heterocycles. The summed E-state index contributed by atoms with van der Waals surface area (Å²) in [6.45, 7) is 3.44. The first-order valence-corrected chi connectivity index (χ1v) is 10.7. The number of aliphatic imine (C=N–C) groups is 1. The van der Waals surface area contributed by atoms with Crippen molar-refractivity contribution in [1.29, 1.82) is 0 Å². The van der Waals surface area contributed by atoms with Crippen LogP contribution < -0.4 is 16.0 Å². The number of carbonyl (C=O) groups excluding carboxylic acids is 1. The van der Waals surface area contributed by atoms with Gasteiger partial charge in [0.05, 0.1) is 0 Å². The van der Waals surface area contributed by atoms with E-state index in [1.807, 2.05) is 23.1 Å². The summed E-state index contributed by atoms with van der Waals surface area (Å²) in [5.41, 5.74) is 0. The van der Waals surface area contributed by atoms with E-state index in [2.05, 4.69) is 25.9 Å². The Morgan fingerprint density at radius 2 is 2.04 bits per heavy atom. The van der Waals surface area contributed by atoms with E-state index in [0.29, 0.717) is 11.9 Å². The van der Waals surface area contributed by atoms with Gasteiger partial charge in [0, 0.05) is 51.4 Å². The average molecular weight is 387 g/mol. The zero-order valence-corrected chi connectivity index (χ0v) is 17.0. The van der Waals surface area contributed by atoms with Gasteiger partial charge >= 0.3 is 0 Å². The number of rotatable bonds is 8. The van der Waals surface area contributed by atoms with Crippen molar-refractivity contribution in [3.8, 4) is 0 Å². The minimum atomic E-state index is 0.274. The summed E-state index contributed by atoms with van der Waals surface area (Å²) in [5, 5.41) is 10.2. The fourth-order valence-electron chi connectivity index (χ4n) is 4.04. The lowest BCUT2D eigenvalue weighted by molar-refractivity contribution is -0.134. The number of guanidine groups is 1. The third kappa shape index (κ3) is 6.11. The molecule has 3 N–H and O–H groups in total. The first kappa shape index (κ1) is 20.4. The maximum atomic E-state index is 12.6. The Morgan fingerprint density at radius 1 is 1.21 bits per heavy atom. The van der Waals surface area contributed by atoms with Crippen LogP contribution in [0, 0.1) is 5.92 Å². The fourth-order valence-corrected chi connectivity index (χ4v) is 4.04. The summed E-state index contributed by atoms with van der Waals surface area (Å²) >= 11 is 0. The largest absolute Gasteiger partial charge is 0.370 e. The van der Waals surface area contributed by atoms with E-state index in [4.69, 9.17) is 0 Å². The lowest BCUT2D eigenvalue weighted by atomic mass is 10.1. The number of hydrogen-bond donors (Lipinski definition) is 3. The molecule has 1 aromatic heterocycles. The molecule has 1 amide bonds. The average Bonchev–Trinajstić information content (AvgIpc) is 3.42. The number of hydrogen-bond acceptors (Lipinski definition) is 4. The zero-order chi connectivity index (χ0) is 19.6. The number of unbranched alkanes of at least 4 members (excludes halogenated alkanes) is 1. The number of anilines is 1. The van der Waals surface area contributed by atoms with E-state index >= 15 is 0 Å². The highest BCUT2D eigenvalue weighted by molar-refractivity contribution is 5.81. The number of aromatic nitrogens is 1. The van der Waals surface area contributed by atoms with E-state index in [1.54, 1.807) is 13.2 Å². The number of likely N-dealkylation sites (tertiary alicyclic amines) is 1. The van der Waals surface area contributed by atoms with Gasteiger partial charge < -0.3 is 20.9 Å². The first-order valence-electron chi connectivity index (χ1n) is 10.7. The van der Waals surface area contributed by atoms with Crippen LogP contribution in [0.15, 0.2) is 29.4 Å². The molecule has 1 aliphatic carbocycles. The highest BCUT2D eigenvalue weighted by Crippen LogP contribution is 2.27. The van der Waals surface area contributed by atoms with Crippen LogP contribution in [0.2, 0.25) is 0 Å². The minimum absolute atomic E-state index is 0.274. The van der Waals surface area contributed by atoms with Gasteiger partial charge in [0.15, 0.2) is 5.96 Å². The normalized spacial score (nSPS) is 20.4. The number of pyridine rings is 1. The van der Waals surface area contributed by atoms with Gasteiger partial charge in [0.25, 0.3) is 0 Å². The van der Waals surface area contributed by atoms with Gasteiger partial charge in [-0.2, -0.15) is 0 Å². The standard InChI is InChI=1S/C21H34N6O/c1-22-21(25-14-7-6-13-24-19-10-4-5-12-23-19)26-18-11-15-27(16-18)20(28)17-8-2-3-9-17/h4-5,10,12,17-18H,2-3,6-9,11,13-16H2,1H3,(H,23,24)(H2,22,25,26). The quantitative estimate of drug-likeness (QED) is 0.363. The summed E-state index contributed by atoms with van der Waals surface area (Å²) in [6, 6.07) is 6.18. The van der Waals surface area contributed by atoms with E-state index in [9.17, 15) is 4.79 Å². The predicted octanol–water partition coefficient (Wildman–Crippen LogP) is 2.23.